The number of nitriles is 1. The van der Waals surface area contributed by atoms with Crippen molar-refractivity contribution in [2.24, 2.45) is 0 Å². The fraction of sp³-hybridized carbons (Fsp3) is 0.118. The molecule has 0 aromatic heterocycles. The average molecular weight is 497 g/mol. The maximum atomic E-state index is 9.50. The first-order valence-corrected chi connectivity index (χ1v) is 12.2. The van der Waals surface area contributed by atoms with Crippen LogP contribution < -0.4 is 9.80 Å². The van der Waals surface area contributed by atoms with Gasteiger partial charge in [-0.05, 0) is 57.3 Å². The van der Waals surface area contributed by atoms with Gasteiger partial charge in [0.2, 0.25) is 5.69 Å². The van der Waals surface area contributed by atoms with Crippen LogP contribution in [0.3, 0.4) is 0 Å². The predicted molar refractivity (Wildman–Crippen MR) is 166 cm³/mol. The fourth-order valence-electron chi connectivity index (χ4n) is 3.96. The Morgan fingerprint density at radius 1 is 0.684 bits per heavy atom. The Hall–Kier alpha value is -5.06. The van der Waals surface area contributed by atoms with Gasteiger partial charge < -0.3 is 9.80 Å². The summed E-state index contributed by atoms with van der Waals surface area (Å²) in [6, 6.07) is 26.3. The number of rotatable bonds is 6. The molecule has 0 fully saturated rings. The Kier molecular flexibility index (Phi) is 9.25. The Morgan fingerprint density at radius 3 is 1.68 bits per heavy atom. The molecule has 0 unspecified atom stereocenters. The molecule has 0 N–H and O–H groups in total. The summed E-state index contributed by atoms with van der Waals surface area (Å²) in [5.41, 5.74) is 7.32. The molecule has 4 rings (SSSR count). The summed E-state index contributed by atoms with van der Waals surface area (Å²) in [4.78, 5) is 7.87. The van der Waals surface area contributed by atoms with Crippen molar-refractivity contribution in [2.75, 3.05) is 38.0 Å². The summed E-state index contributed by atoms with van der Waals surface area (Å²) < 4.78 is 0. The van der Waals surface area contributed by atoms with Gasteiger partial charge in [-0.25, -0.2) is 4.85 Å². The molecule has 0 spiro atoms. The first-order chi connectivity index (χ1) is 18.3. The second-order valence-electron chi connectivity index (χ2n) is 9.07. The third-order valence-corrected chi connectivity index (χ3v) is 6.19. The van der Waals surface area contributed by atoms with Crippen LogP contribution in [0.4, 0.5) is 17.1 Å². The van der Waals surface area contributed by atoms with Gasteiger partial charge in [0.25, 0.3) is 0 Å². The van der Waals surface area contributed by atoms with Gasteiger partial charge in [0.15, 0.2) is 0 Å². The molecule has 0 atom stereocenters. The minimum absolute atomic E-state index is 0.556. The second kappa shape index (κ2) is 12.8. The zero-order valence-corrected chi connectivity index (χ0v) is 22.4. The number of hydrogen-bond acceptors (Lipinski definition) is 3. The Morgan fingerprint density at radius 2 is 1.21 bits per heavy atom. The zero-order valence-electron chi connectivity index (χ0n) is 22.4. The summed E-state index contributed by atoms with van der Waals surface area (Å²) in [5, 5.41) is 11.1. The Bertz CT molecular complexity index is 1540. The van der Waals surface area contributed by atoms with E-state index in [4.69, 9.17) is 6.57 Å². The standard InChI is InChI=1S/C24H19N3.C10H13N/c1-5-18-10-15-22-21(23(18)16-25)14-11-19(24(22)26-2)9-6-17-7-12-20(13-8-17)27(3)4;1-4-9-5-7-10(8-6-9)11(2)3/h5-15H,1H2,3-4H3;4-8H,1H2,2-3H3. The molecule has 4 aromatic rings. The van der Waals surface area contributed by atoms with Crippen LogP contribution in [0.5, 0.6) is 0 Å². The number of benzene rings is 4. The van der Waals surface area contributed by atoms with Crippen LogP contribution in [0, 0.1) is 17.9 Å². The molecule has 0 bridgehead atoms. The topological polar surface area (TPSA) is 34.6 Å². The summed E-state index contributed by atoms with van der Waals surface area (Å²) in [6.07, 6.45) is 7.46. The van der Waals surface area contributed by atoms with Crippen LogP contribution in [0.15, 0.2) is 86.0 Å². The largest absolute Gasteiger partial charge is 0.378 e. The van der Waals surface area contributed by atoms with Gasteiger partial charge in [0, 0.05) is 39.6 Å². The molecule has 4 nitrogen and oxygen atoms in total. The van der Waals surface area contributed by atoms with Gasteiger partial charge >= 0.3 is 0 Å². The predicted octanol–water partition coefficient (Wildman–Crippen LogP) is 8.54. The smallest absolute Gasteiger partial charge is 0.202 e. The van der Waals surface area contributed by atoms with Crippen molar-refractivity contribution in [2.45, 2.75) is 0 Å². The van der Waals surface area contributed by atoms with Gasteiger partial charge in [-0.3, -0.25) is 0 Å². The molecule has 0 aliphatic heterocycles. The molecule has 0 amide bonds. The molecule has 0 saturated heterocycles. The highest BCUT2D eigenvalue weighted by molar-refractivity contribution is 6.03. The lowest BCUT2D eigenvalue weighted by atomic mass is 9.96. The van der Waals surface area contributed by atoms with Crippen molar-refractivity contribution in [1.29, 1.82) is 5.26 Å². The van der Waals surface area contributed by atoms with Crippen LogP contribution in [-0.2, 0) is 0 Å². The highest BCUT2D eigenvalue weighted by Crippen LogP contribution is 2.34. The summed E-state index contributed by atoms with van der Waals surface area (Å²) in [6.45, 7) is 15.1. The highest BCUT2D eigenvalue weighted by Gasteiger charge is 2.11. The molecule has 0 radical (unpaired) electrons. The quantitative estimate of drug-likeness (QED) is 0.198. The number of hydrogen-bond donors (Lipinski definition) is 0. The number of fused-ring (bicyclic) bond motifs is 1. The van der Waals surface area contributed by atoms with E-state index in [-0.39, 0.29) is 0 Å². The van der Waals surface area contributed by atoms with E-state index < -0.39 is 0 Å². The average Bonchev–Trinajstić information content (AvgIpc) is 2.95. The van der Waals surface area contributed by atoms with Crippen molar-refractivity contribution in [3.8, 4) is 6.07 Å². The van der Waals surface area contributed by atoms with E-state index in [2.05, 4.69) is 82.4 Å². The van der Waals surface area contributed by atoms with E-state index >= 15 is 0 Å². The molecule has 0 aliphatic rings. The van der Waals surface area contributed by atoms with E-state index in [0.717, 1.165) is 38.7 Å². The zero-order chi connectivity index (χ0) is 27.7. The third-order valence-electron chi connectivity index (χ3n) is 6.19. The van der Waals surface area contributed by atoms with Gasteiger partial charge in [-0.1, -0.05) is 86.0 Å². The molecule has 4 heteroatoms. The molecule has 4 aromatic carbocycles. The lowest BCUT2D eigenvalue weighted by Crippen LogP contribution is -2.07. The summed E-state index contributed by atoms with van der Waals surface area (Å²) >= 11 is 0. The van der Waals surface area contributed by atoms with E-state index in [0.29, 0.717) is 11.3 Å². The minimum atomic E-state index is 0.556. The first kappa shape index (κ1) is 27.5. The molecule has 38 heavy (non-hydrogen) atoms. The lowest BCUT2D eigenvalue weighted by molar-refractivity contribution is 1.13. The van der Waals surface area contributed by atoms with Crippen molar-refractivity contribution in [1.82, 2.24) is 0 Å². The minimum Gasteiger partial charge on any atom is -0.378 e. The van der Waals surface area contributed by atoms with Crippen LogP contribution in [-0.4, -0.2) is 28.2 Å². The van der Waals surface area contributed by atoms with Crippen molar-refractivity contribution < 1.29 is 0 Å². The van der Waals surface area contributed by atoms with Gasteiger partial charge in [0.05, 0.1) is 12.1 Å². The van der Waals surface area contributed by atoms with Crippen molar-refractivity contribution >= 4 is 52.1 Å². The molecular weight excluding hydrogens is 464 g/mol. The van der Waals surface area contributed by atoms with E-state index in [1.165, 1.54) is 5.69 Å². The van der Waals surface area contributed by atoms with Crippen LogP contribution >= 0.6 is 0 Å². The number of nitrogens with zero attached hydrogens (tertiary/aromatic N) is 4. The third kappa shape index (κ3) is 6.38. The molecule has 0 heterocycles. The Labute approximate surface area is 226 Å². The van der Waals surface area contributed by atoms with Crippen LogP contribution in [0.25, 0.3) is 39.9 Å². The second-order valence-corrected chi connectivity index (χ2v) is 9.07. The lowest BCUT2D eigenvalue weighted by Gasteiger charge is -2.11. The first-order valence-electron chi connectivity index (χ1n) is 12.2. The van der Waals surface area contributed by atoms with Gasteiger partial charge in [-0.15, -0.1) is 0 Å². The van der Waals surface area contributed by atoms with E-state index in [1.54, 1.807) is 6.08 Å². The van der Waals surface area contributed by atoms with Crippen LogP contribution in [0.1, 0.15) is 27.8 Å². The van der Waals surface area contributed by atoms with E-state index in [1.807, 2.05) is 70.7 Å². The highest BCUT2D eigenvalue weighted by atomic mass is 15.1. The molecule has 188 valence electrons. The van der Waals surface area contributed by atoms with Gasteiger partial charge in [-0.2, -0.15) is 5.26 Å². The van der Waals surface area contributed by atoms with Crippen molar-refractivity contribution in [3.05, 3.63) is 125 Å². The maximum Gasteiger partial charge on any atom is 0.202 e. The Balaban J connectivity index is 0.000000304. The van der Waals surface area contributed by atoms with Crippen molar-refractivity contribution in [3.63, 3.8) is 0 Å². The van der Waals surface area contributed by atoms with Gasteiger partial charge in [0.1, 0.15) is 6.07 Å². The van der Waals surface area contributed by atoms with Crippen LogP contribution in [0.2, 0.25) is 0 Å². The molecule has 0 saturated carbocycles. The normalized spacial score (nSPS) is 10.2. The molecular formula is C34H32N4. The summed E-state index contributed by atoms with van der Waals surface area (Å²) in [5.74, 6) is 0. The number of anilines is 2. The SMILES string of the molecule is C=Cc1ccc(N(C)C)cc1.[C-]#[N+]c1c(C=Cc2ccc(N(C)C)cc2)ccc2c(C#N)c(C=C)ccc12. The maximum absolute atomic E-state index is 9.50. The molecule has 0 aliphatic carbocycles. The monoisotopic (exact) mass is 496 g/mol. The fourth-order valence-corrected chi connectivity index (χ4v) is 3.96. The van der Waals surface area contributed by atoms with E-state index in [9.17, 15) is 5.26 Å². The summed E-state index contributed by atoms with van der Waals surface area (Å²) in [7, 11) is 8.08.